The molecule has 0 saturated heterocycles. The maximum atomic E-state index is 13.4. The highest BCUT2D eigenvalue weighted by molar-refractivity contribution is 7.12. The summed E-state index contributed by atoms with van der Waals surface area (Å²) < 4.78 is 12.8. The number of carbonyl (C=O) groups excluding carboxylic acids is 2. The van der Waals surface area contributed by atoms with Gasteiger partial charge >= 0.3 is 5.97 Å². The number of fused-ring (bicyclic) bond motifs is 1. The van der Waals surface area contributed by atoms with Crippen LogP contribution in [-0.4, -0.2) is 72.6 Å². The molecule has 2 aromatic carbocycles. The minimum absolute atomic E-state index is 0.0185. The molecule has 5 N–H and O–H groups in total. The number of anilines is 1. The van der Waals surface area contributed by atoms with Crippen molar-refractivity contribution in [3.63, 3.8) is 0 Å². The van der Waals surface area contributed by atoms with Gasteiger partial charge in [0.1, 0.15) is 11.9 Å². The van der Waals surface area contributed by atoms with Crippen LogP contribution in [0.15, 0.2) is 88.4 Å². The lowest BCUT2D eigenvalue weighted by Gasteiger charge is -2.39. The highest BCUT2D eigenvalue weighted by atomic mass is 32.1. The largest absolute Gasteiger partial charge is 0.506 e. The molecule has 3 aromatic heterocycles. The van der Waals surface area contributed by atoms with Gasteiger partial charge in [-0.3, -0.25) is 9.59 Å². The number of amides is 1. The summed E-state index contributed by atoms with van der Waals surface area (Å²) in [6, 6.07) is 21.9. The van der Waals surface area contributed by atoms with Crippen molar-refractivity contribution in [2.45, 2.75) is 101 Å². The number of phenolic OH excluding ortho intramolecular Hbond substituents is 1. The number of phenols is 1. The van der Waals surface area contributed by atoms with Crippen molar-refractivity contribution in [2.24, 2.45) is 0 Å². The number of aromatic amines is 1. The lowest BCUT2D eigenvalue weighted by molar-refractivity contribution is -0.169. The van der Waals surface area contributed by atoms with E-state index in [0.29, 0.717) is 54.2 Å². The summed E-state index contributed by atoms with van der Waals surface area (Å²) in [5.41, 5.74) is 0.990. The normalized spacial score (nSPS) is 17.0. The lowest BCUT2D eigenvalue weighted by Crippen LogP contribution is -2.43. The fourth-order valence-corrected chi connectivity index (χ4v) is 10.1. The Balaban J connectivity index is 0.964. The van der Waals surface area contributed by atoms with Crippen molar-refractivity contribution in [3.05, 3.63) is 115 Å². The fourth-order valence-electron chi connectivity index (χ4n) is 7.16. The van der Waals surface area contributed by atoms with Gasteiger partial charge in [-0.1, -0.05) is 51.1 Å². The van der Waals surface area contributed by atoms with Gasteiger partial charge in [0.2, 0.25) is 17.1 Å². The van der Waals surface area contributed by atoms with Crippen LogP contribution >= 0.6 is 22.7 Å². The van der Waals surface area contributed by atoms with E-state index in [0.717, 1.165) is 35.0 Å². The average molecular weight is 845 g/mol. The Morgan fingerprint density at radius 2 is 1.60 bits per heavy atom. The van der Waals surface area contributed by atoms with E-state index in [1.165, 1.54) is 28.7 Å². The Morgan fingerprint density at radius 3 is 2.21 bits per heavy atom. The molecule has 0 spiro atoms. The average Bonchev–Trinajstić information content (AvgIpc) is 3.94. The Hall–Kier alpha value is -4.15. The van der Waals surface area contributed by atoms with Crippen LogP contribution in [0.2, 0.25) is 18.1 Å². The van der Waals surface area contributed by atoms with Crippen LogP contribution in [0, 0.1) is 0 Å². The third-order valence-corrected chi connectivity index (χ3v) is 18.1. The van der Waals surface area contributed by atoms with E-state index in [1.807, 2.05) is 60.3 Å². The Morgan fingerprint density at radius 1 is 0.948 bits per heavy atom. The zero-order chi connectivity index (χ0) is 41.7. The third kappa shape index (κ3) is 10.2. The van der Waals surface area contributed by atoms with Crippen LogP contribution in [0.1, 0.15) is 79.9 Å². The number of pyridine rings is 1. The van der Waals surface area contributed by atoms with E-state index in [2.05, 4.69) is 54.4 Å². The number of H-pyrrole nitrogens is 1. The Bertz CT molecular complexity index is 2160. The number of hydrogen-bond donors (Lipinski definition) is 5. The summed E-state index contributed by atoms with van der Waals surface area (Å²) >= 11 is 2.67. The number of thiophene rings is 2. The monoisotopic (exact) mass is 844 g/mol. The molecule has 1 aliphatic carbocycles. The molecule has 0 bridgehead atoms. The summed E-state index contributed by atoms with van der Waals surface area (Å²) in [4.78, 5) is 44.5. The molecule has 58 heavy (non-hydrogen) atoms. The second-order valence-corrected chi connectivity index (χ2v) is 23.4. The maximum absolute atomic E-state index is 13.4. The van der Waals surface area contributed by atoms with Gasteiger partial charge in [-0.05, 0) is 109 Å². The van der Waals surface area contributed by atoms with Gasteiger partial charge in [0.25, 0.3) is 0 Å². The summed E-state index contributed by atoms with van der Waals surface area (Å²) in [5.74, 6) is -0.671. The SMILES string of the molecule is CN(CCC(=O)Nc1ccc(CNC[C@H](O[Si](C)(C)C(C)(C)C)c2ccc(O)c3[nH]c(=O)ccc23)cc1)C1CCC(OC(=O)C(O)(c2cccs2)c2cccs2)CC1. The van der Waals surface area contributed by atoms with Crippen LogP contribution < -0.4 is 16.2 Å². The zero-order valence-corrected chi connectivity index (χ0v) is 36.8. The number of aromatic hydroxyl groups is 1. The van der Waals surface area contributed by atoms with Gasteiger partial charge in [0, 0.05) is 49.2 Å². The van der Waals surface area contributed by atoms with Crippen LogP contribution in [-0.2, 0) is 30.9 Å². The Kier molecular flexibility index (Phi) is 13.8. The van der Waals surface area contributed by atoms with Gasteiger partial charge in [-0.25, -0.2) is 4.79 Å². The van der Waals surface area contributed by atoms with Crippen molar-refractivity contribution in [2.75, 3.05) is 25.5 Å². The van der Waals surface area contributed by atoms with Crippen LogP contribution in [0.25, 0.3) is 10.9 Å². The molecule has 0 aliphatic heterocycles. The molecule has 1 saturated carbocycles. The first kappa shape index (κ1) is 43.4. The smallest absolute Gasteiger partial charge is 0.349 e. The highest BCUT2D eigenvalue weighted by Gasteiger charge is 2.45. The number of benzene rings is 2. The molecule has 6 rings (SSSR count). The van der Waals surface area contributed by atoms with E-state index in [9.17, 15) is 24.6 Å². The van der Waals surface area contributed by atoms with Crippen LogP contribution in [0.4, 0.5) is 5.69 Å². The lowest BCUT2D eigenvalue weighted by atomic mass is 9.91. The quantitative estimate of drug-likeness (QED) is 0.0488. The number of aliphatic hydroxyl groups is 1. The van der Waals surface area contributed by atoms with Gasteiger partial charge in [0.15, 0.2) is 8.32 Å². The number of hydrogen-bond acceptors (Lipinski definition) is 11. The molecule has 1 aliphatic rings. The molecule has 11 nitrogen and oxygen atoms in total. The fraction of sp³-hybridized carbons (Fsp3) is 0.432. The van der Waals surface area contributed by atoms with Gasteiger partial charge in [0.05, 0.1) is 21.4 Å². The predicted molar refractivity (Wildman–Crippen MR) is 235 cm³/mol. The van der Waals surface area contributed by atoms with E-state index in [1.54, 1.807) is 24.3 Å². The second-order valence-electron chi connectivity index (χ2n) is 16.8. The first-order chi connectivity index (χ1) is 27.5. The van der Waals surface area contributed by atoms with Gasteiger partial charge in [-0.15, -0.1) is 22.7 Å². The molecular weight excluding hydrogens is 789 g/mol. The van der Waals surface area contributed by atoms with Crippen molar-refractivity contribution in [1.29, 1.82) is 0 Å². The first-order valence-corrected chi connectivity index (χ1v) is 24.6. The summed E-state index contributed by atoms with van der Waals surface area (Å²) in [7, 11) is -0.178. The number of ether oxygens (including phenoxy) is 1. The van der Waals surface area contributed by atoms with E-state index in [-0.39, 0.29) is 40.5 Å². The zero-order valence-electron chi connectivity index (χ0n) is 34.2. The molecule has 0 radical (unpaired) electrons. The van der Waals surface area contributed by atoms with E-state index >= 15 is 0 Å². The first-order valence-electron chi connectivity index (χ1n) is 19.9. The summed E-state index contributed by atoms with van der Waals surface area (Å²) in [5, 5.41) is 33.1. The number of esters is 1. The molecule has 14 heteroatoms. The van der Waals surface area contributed by atoms with Crippen molar-refractivity contribution >= 4 is 59.5 Å². The summed E-state index contributed by atoms with van der Waals surface area (Å²) in [6.07, 6.45) is 2.81. The van der Waals surface area contributed by atoms with E-state index < -0.39 is 19.9 Å². The van der Waals surface area contributed by atoms with Crippen LogP contribution in [0.5, 0.6) is 5.75 Å². The van der Waals surface area contributed by atoms with E-state index in [4.69, 9.17) is 9.16 Å². The van der Waals surface area contributed by atoms with Gasteiger partial charge < -0.3 is 39.9 Å². The van der Waals surface area contributed by atoms with Crippen molar-refractivity contribution in [3.8, 4) is 5.75 Å². The highest BCUT2D eigenvalue weighted by Crippen LogP contribution is 2.41. The summed E-state index contributed by atoms with van der Waals surface area (Å²) in [6.45, 7) is 12.7. The molecule has 1 amide bonds. The number of rotatable bonds is 16. The second kappa shape index (κ2) is 18.4. The van der Waals surface area contributed by atoms with Gasteiger partial charge in [-0.2, -0.15) is 0 Å². The topological polar surface area (TPSA) is 153 Å². The minimum atomic E-state index is -2.21. The number of carbonyl (C=O) groups is 2. The maximum Gasteiger partial charge on any atom is 0.349 e. The molecule has 5 aromatic rings. The number of aromatic nitrogens is 1. The molecular formula is C44H56N4O7S2Si. The number of nitrogens with one attached hydrogen (secondary N) is 3. The number of nitrogens with zero attached hydrogens (tertiary/aromatic N) is 1. The standard InChI is InChI=1S/C44H56N4O7S2Si/c1-43(2,3)58(5,6)55-36(33-19-21-35(49)41-34(33)20-22-39(50)47-41)28-45-27-29-11-13-30(14-12-29)46-40(51)23-24-48(4)31-15-17-32(18-16-31)54-42(52)44(53,37-9-7-25-56-37)38-10-8-26-57-38/h7-14,19-22,25-26,31-32,36,45,49,53H,15-18,23-24,27-28H2,1-6H3,(H,46,51)(H,47,50)/t31?,32?,36-/m0/s1. The molecule has 310 valence electrons. The third-order valence-electron chi connectivity index (χ3n) is 11.7. The molecule has 1 fully saturated rings. The Labute approximate surface area is 349 Å². The predicted octanol–water partition coefficient (Wildman–Crippen LogP) is 8.26. The minimum Gasteiger partial charge on any atom is -0.506 e. The van der Waals surface area contributed by atoms with Crippen molar-refractivity contribution < 1.29 is 29.0 Å². The van der Waals surface area contributed by atoms with Crippen molar-refractivity contribution in [1.82, 2.24) is 15.2 Å². The van der Waals surface area contributed by atoms with Crippen LogP contribution in [0.3, 0.4) is 0 Å². The molecule has 0 unspecified atom stereocenters. The molecule has 1 atom stereocenters. The molecule has 3 heterocycles.